The Morgan fingerprint density at radius 3 is 2.30 bits per heavy atom. The second-order valence-corrected chi connectivity index (χ2v) is 9.50. The Kier molecular flexibility index (Phi) is 6.78. The fraction of sp³-hybridized carbons (Fsp3) is 0.182. The Hall–Kier alpha value is -4.91. The number of aromatic nitrogens is 1. The van der Waals surface area contributed by atoms with Crippen LogP contribution in [0.5, 0.6) is 11.5 Å². The van der Waals surface area contributed by atoms with Gasteiger partial charge >= 0.3 is 5.97 Å². The second-order valence-electron chi connectivity index (χ2n) is 9.50. The molecule has 40 heavy (non-hydrogen) atoms. The molecule has 0 saturated heterocycles. The number of rotatable bonds is 7. The number of fused-ring (bicyclic) bond motifs is 4. The number of hydrogen-bond acceptors (Lipinski definition) is 6. The Balaban J connectivity index is 1.68. The van der Waals surface area contributed by atoms with Gasteiger partial charge in [-0.05, 0) is 60.0 Å². The van der Waals surface area contributed by atoms with Crippen LogP contribution in [0.15, 0.2) is 95.2 Å². The van der Waals surface area contributed by atoms with Gasteiger partial charge in [-0.15, -0.1) is 5.11 Å². The summed E-state index contributed by atoms with van der Waals surface area (Å²) in [5, 5.41) is 11.5. The van der Waals surface area contributed by atoms with E-state index >= 15 is 0 Å². The van der Waals surface area contributed by atoms with Crippen molar-refractivity contribution in [2.75, 3.05) is 20.8 Å². The molecular weight excluding hydrogens is 502 g/mol. The number of carbonyl (C=O) groups is 1. The summed E-state index contributed by atoms with van der Waals surface area (Å²) in [6.45, 7) is 2.69. The highest BCUT2D eigenvalue weighted by molar-refractivity contribution is 6.07. The number of carbonyl (C=O) groups excluding carboxylic acids is 1. The van der Waals surface area contributed by atoms with Crippen molar-refractivity contribution in [2.24, 2.45) is 10.2 Å². The second kappa shape index (κ2) is 10.7. The topological polar surface area (TPSA) is 74.4 Å². The molecule has 200 valence electrons. The average Bonchev–Trinajstić information content (AvgIpc) is 3.34. The molecule has 0 saturated carbocycles. The summed E-state index contributed by atoms with van der Waals surface area (Å²) in [6.07, 6.45) is 0.746. The van der Waals surface area contributed by atoms with Gasteiger partial charge in [-0.1, -0.05) is 54.6 Å². The van der Waals surface area contributed by atoms with Crippen molar-refractivity contribution in [2.45, 2.75) is 19.9 Å². The molecular formula is C33H29N3O4. The van der Waals surface area contributed by atoms with Gasteiger partial charge in [0.2, 0.25) is 0 Å². The number of benzene rings is 4. The minimum Gasteiger partial charge on any atom is -0.493 e. The maximum atomic E-state index is 13.7. The summed E-state index contributed by atoms with van der Waals surface area (Å²) >= 11 is 0. The Morgan fingerprint density at radius 1 is 0.825 bits per heavy atom. The number of ether oxygens (including phenoxy) is 3. The zero-order valence-electron chi connectivity index (χ0n) is 22.7. The highest BCUT2D eigenvalue weighted by Crippen LogP contribution is 2.49. The number of esters is 1. The third kappa shape index (κ3) is 4.39. The van der Waals surface area contributed by atoms with E-state index in [1.165, 1.54) is 0 Å². The first-order chi connectivity index (χ1) is 19.6. The molecule has 0 bridgehead atoms. The van der Waals surface area contributed by atoms with E-state index in [2.05, 4.69) is 40.0 Å². The van der Waals surface area contributed by atoms with Crippen LogP contribution in [0.4, 0.5) is 11.4 Å². The van der Waals surface area contributed by atoms with Crippen molar-refractivity contribution >= 4 is 28.1 Å². The van der Waals surface area contributed by atoms with E-state index in [0.29, 0.717) is 35.0 Å². The molecule has 0 radical (unpaired) electrons. The zero-order chi connectivity index (χ0) is 27.6. The summed E-state index contributed by atoms with van der Waals surface area (Å²) in [5.41, 5.74) is 6.02. The largest absolute Gasteiger partial charge is 0.493 e. The summed E-state index contributed by atoms with van der Waals surface area (Å²) in [5.74, 6) is 0.797. The first kappa shape index (κ1) is 25.4. The molecule has 1 aromatic heterocycles. The molecule has 7 nitrogen and oxygen atoms in total. The highest BCUT2D eigenvalue weighted by Gasteiger charge is 2.34. The van der Waals surface area contributed by atoms with Gasteiger partial charge in [0.1, 0.15) is 11.3 Å². The molecule has 6 rings (SSSR count). The summed E-state index contributed by atoms with van der Waals surface area (Å²) in [7, 11) is 3.23. The monoisotopic (exact) mass is 531 g/mol. The summed E-state index contributed by atoms with van der Waals surface area (Å²) in [6, 6.07) is 28.0. The Labute approximate surface area is 232 Å². The van der Waals surface area contributed by atoms with Crippen molar-refractivity contribution in [1.82, 2.24) is 4.57 Å². The lowest BCUT2D eigenvalue weighted by molar-refractivity contribution is 0.0528. The minimum absolute atomic E-state index is 0.239. The molecule has 7 heteroatoms. The van der Waals surface area contributed by atoms with E-state index in [1.54, 1.807) is 21.1 Å². The standard InChI is InChI=1S/C33H29N3O4/c1-4-40-33(37)29-30(35-34-25-12-6-5-7-13-25)31(24-15-14-21-10-8-9-11-22(21)18-24)36-17-16-23-19-27(38-2)28(39-3)20-26(23)32(29)36/h5-15,18-20H,4,16-17H2,1-3H3. The third-order valence-electron chi connectivity index (χ3n) is 7.23. The maximum absolute atomic E-state index is 13.7. The van der Waals surface area contributed by atoms with Crippen LogP contribution in [-0.4, -0.2) is 31.4 Å². The van der Waals surface area contributed by atoms with Gasteiger partial charge in [0.05, 0.1) is 37.9 Å². The molecule has 0 atom stereocenters. The molecule has 0 aliphatic carbocycles. The normalized spacial score (nSPS) is 12.3. The quantitative estimate of drug-likeness (QED) is 0.157. The molecule has 0 N–H and O–H groups in total. The number of methoxy groups -OCH3 is 2. The molecule has 0 fully saturated rings. The van der Waals surface area contributed by atoms with E-state index in [1.807, 2.05) is 54.6 Å². The van der Waals surface area contributed by atoms with E-state index < -0.39 is 5.97 Å². The van der Waals surface area contributed by atoms with E-state index in [9.17, 15) is 4.79 Å². The molecule has 1 aliphatic rings. The summed E-state index contributed by atoms with van der Waals surface area (Å²) in [4.78, 5) is 13.7. The third-order valence-corrected chi connectivity index (χ3v) is 7.23. The molecule has 0 unspecified atom stereocenters. The van der Waals surface area contributed by atoms with Gasteiger partial charge in [-0.25, -0.2) is 4.79 Å². The van der Waals surface area contributed by atoms with Crippen LogP contribution in [0.1, 0.15) is 22.8 Å². The van der Waals surface area contributed by atoms with Gasteiger partial charge < -0.3 is 18.8 Å². The molecule has 5 aromatic rings. The van der Waals surface area contributed by atoms with E-state index in [0.717, 1.165) is 45.3 Å². The number of aryl methyl sites for hydroxylation is 1. The predicted molar refractivity (Wildman–Crippen MR) is 156 cm³/mol. The van der Waals surface area contributed by atoms with Crippen LogP contribution in [0.2, 0.25) is 0 Å². The molecule has 0 amide bonds. The predicted octanol–water partition coefficient (Wildman–Crippen LogP) is 8.14. The van der Waals surface area contributed by atoms with Gasteiger partial charge in [0, 0.05) is 17.7 Å². The first-order valence-corrected chi connectivity index (χ1v) is 13.3. The number of hydrogen-bond donors (Lipinski definition) is 0. The fourth-order valence-corrected chi connectivity index (χ4v) is 5.41. The van der Waals surface area contributed by atoms with Gasteiger partial charge in [0.15, 0.2) is 11.5 Å². The summed E-state index contributed by atoms with van der Waals surface area (Å²) < 4.78 is 19.0. The minimum atomic E-state index is -0.442. The Bertz CT molecular complexity index is 1760. The van der Waals surface area contributed by atoms with Crippen LogP contribution in [0, 0.1) is 0 Å². The zero-order valence-corrected chi connectivity index (χ0v) is 22.7. The van der Waals surface area contributed by atoms with Crippen LogP contribution < -0.4 is 9.47 Å². The smallest absolute Gasteiger partial charge is 0.342 e. The number of azo groups is 1. The van der Waals surface area contributed by atoms with Crippen molar-refractivity contribution in [1.29, 1.82) is 0 Å². The van der Waals surface area contributed by atoms with Crippen molar-refractivity contribution in [3.05, 3.63) is 96.1 Å². The lowest BCUT2D eigenvalue weighted by atomic mass is 9.95. The van der Waals surface area contributed by atoms with Crippen LogP contribution in [-0.2, 0) is 17.7 Å². The fourth-order valence-electron chi connectivity index (χ4n) is 5.41. The van der Waals surface area contributed by atoms with Gasteiger partial charge in [-0.2, -0.15) is 5.11 Å². The Morgan fingerprint density at radius 2 is 1.55 bits per heavy atom. The molecule has 1 aliphatic heterocycles. The molecule has 2 heterocycles. The van der Waals surface area contributed by atoms with Gasteiger partial charge in [-0.3, -0.25) is 0 Å². The van der Waals surface area contributed by atoms with E-state index in [4.69, 9.17) is 19.3 Å². The molecule has 0 spiro atoms. The van der Waals surface area contributed by atoms with Crippen molar-refractivity contribution in [3.63, 3.8) is 0 Å². The van der Waals surface area contributed by atoms with Crippen molar-refractivity contribution in [3.8, 4) is 34.0 Å². The molecule has 4 aromatic carbocycles. The average molecular weight is 532 g/mol. The van der Waals surface area contributed by atoms with Crippen LogP contribution >= 0.6 is 0 Å². The van der Waals surface area contributed by atoms with Gasteiger partial charge in [0.25, 0.3) is 0 Å². The van der Waals surface area contributed by atoms with Crippen LogP contribution in [0.25, 0.3) is 33.3 Å². The number of nitrogens with zero attached hydrogens (tertiary/aromatic N) is 3. The SMILES string of the molecule is CCOC(=O)c1c(N=Nc2ccccc2)c(-c2ccc3ccccc3c2)n2c1-c1cc(OC)c(OC)cc1CC2. The highest BCUT2D eigenvalue weighted by atomic mass is 16.5. The lowest BCUT2D eigenvalue weighted by Gasteiger charge is -2.24. The lowest BCUT2D eigenvalue weighted by Crippen LogP contribution is -2.15. The first-order valence-electron chi connectivity index (χ1n) is 13.3. The van der Waals surface area contributed by atoms with Crippen molar-refractivity contribution < 1.29 is 19.0 Å². The van der Waals surface area contributed by atoms with Crippen LogP contribution in [0.3, 0.4) is 0 Å². The maximum Gasteiger partial charge on any atom is 0.342 e. The van der Waals surface area contributed by atoms with E-state index in [-0.39, 0.29) is 6.61 Å².